The van der Waals surface area contributed by atoms with Crippen LogP contribution in [-0.4, -0.2) is 24.9 Å². The van der Waals surface area contributed by atoms with Gasteiger partial charge in [-0.3, -0.25) is 0 Å². The molecule has 0 aliphatic rings. The third-order valence-corrected chi connectivity index (χ3v) is 4.79. The van der Waals surface area contributed by atoms with Gasteiger partial charge in [0.05, 0.1) is 0 Å². The highest BCUT2D eigenvalue weighted by molar-refractivity contribution is 7.88. The Labute approximate surface area is 118 Å². The average molecular weight is 295 g/mol. The minimum atomic E-state index is -3.69. The second kappa shape index (κ2) is 5.78. The van der Waals surface area contributed by atoms with E-state index in [0.29, 0.717) is 0 Å². The number of nitrogens with zero attached hydrogens (tertiary/aromatic N) is 1. The van der Waals surface area contributed by atoms with Crippen LogP contribution in [0.2, 0.25) is 0 Å². The quantitative estimate of drug-likeness (QED) is 0.914. The molecule has 0 saturated carbocycles. The molecule has 2 rings (SSSR count). The van der Waals surface area contributed by atoms with Crippen LogP contribution in [0.1, 0.15) is 16.9 Å². The number of sulfonamides is 1. The molecule has 1 heterocycles. The second-order valence-corrected chi connectivity index (χ2v) is 6.54. The molecule has 0 fully saturated rings. The molecule has 0 saturated heterocycles. The maximum Gasteiger partial charge on any atom is 0.276 e. The van der Waals surface area contributed by atoms with Crippen LogP contribution in [0, 0.1) is 6.92 Å². The molecular weight excluding hydrogens is 278 g/mol. The fourth-order valence-electron chi connectivity index (χ4n) is 1.85. The minimum absolute atomic E-state index is 0.155. The maximum atomic E-state index is 12.3. The first-order chi connectivity index (χ1) is 9.45. The summed E-state index contributed by atoms with van der Waals surface area (Å²) < 4.78 is 31.0. The smallest absolute Gasteiger partial charge is 0.276 e. The van der Waals surface area contributed by atoms with Crippen molar-refractivity contribution in [3.8, 4) is 0 Å². The second-order valence-electron chi connectivity index (χ2n) is 4.57. The first-order valence-electron chi connectivity index (χ1n) is 6.15. The van der Waals surface area contributed by atoms with E-state index in [1.807, 2.05) is 31.2 Å². The Morgan fingerprint density at radius 2 is 1.90 bits per heavy atom. The van der Waals surface area contributed by atoms with Gasteiger partial charge < -0.3 is 9.52 Å². The first-order valence-corrected chi connectivity index (χ1v) is 7.59. The summed E-state index contributed by atoms with van der Waals surface area (Å²) in [6.07, 6.45) is 0. The fraction of sp³-hybridized carbons (Fsp3) is 0.286. The van der Waals surface area contributed by atoms with Crippen LogP contribution in [0.5, 0.6) is 0 Å². The Bertz CT molecular complexity index is 691. The number of furan rings is 1. The summed E-state index contributed by atoms with van der Waals surface area (Å²) in [6, 6.07) is 10.4. The van der Waals surface area contributed by atoms with Crippen molar-refractivity contribution in [2.45, 2.75) is 25.2 Å². The van der Waals surface area contributed by atoms with Crippen molar-refractivity contribution >= 4 is 10.0 Å². The molecule has 6 heteroatoms. The summed E-state index contributed by atoms with van der Waals surface area (Å²) in [5.41, 5.74) is 1.97. The number of hydrogen-bond acceptors (Lipinski definition) is 4. The standard InChI is InChI=1S/C14H17NO4S/c1-11-5-3-4-6-12(11)9-15(2)20(17,18)14-8-7-13(10-16)19-14/h3-8,16H,9-10H2,1-2H3. The Morgan fingerprint density at radius 1 is 1.20 bits per heavy atom. The van der Waals surface area contributed by atoms with Crippen LogP contribution in [0.4, 0.5) is 0 Å². The Morgan fingerprint density at radius 3 is 2.50 bits per heavy atom. The molecule has 1 aromatic carbocycles. The summed E-state index contributed by atoms with van der Waals surface area (Å²) in [4.78, 5) is 0. The van der Waals surface area contributed by atoms with Crippen molar-refractivity contribution in [2.75, 3.05) is 7.05 Å². The van der Waals surface area contributed by atoms with Gasteiger partial charge in [0.2, 0.25) is 5.09 Å². The zero-order chi connectivity index (χ0) is 14.8. The lowest BCUT2D eigenvalue weighted by atomic mass is 10.1. The lowest BCUT2D eigenvalue weighted by molar-refractivity contribution is 0.235. The SMILES string of the molecule is Cc1ccccc1CN(C)S(=O)(=O)c1ccc(CO)o1. The number of hydrogen-bond donors (Lipinski definition) is 1. The van der Waals surface area contributed by atoms with Gasteiger partial charge in [-0.05, 0) is 30.2 Å². The molecule has 0 aliphatic heterocycles. The maximum absolute atomic E-state index is 12.3. The van der Waals surface area contributed by atoms with Crippen LogP contribution in [0.15, 0.2) is 45.9 Å². The summed E-state index contributed by atoms with van der Waals surface area (Å²) in [5, 5.41) is 8.77. The lowest BCUT2D eigenvalue weighted by Crippen LogP contribution is -2.26. The van der Waals surface area contributed by atoms with Gasteiger partial charge in [0.25, 0.3) is 10.0 Å². The molecule has 5 nitrogen and oxygen atoms in total. The van der Waals surface area contributed by atoms with Gasteiger partial charge in [0.1, 0.15) is 12.4 Å². The van der Waals surface area contributed by atoms with Gasteiger partial charge in [-0.1, -0.05) is 24.3 Å². The number of aryl methyl sites for hydroxylation is 1. The number of benzene rings is 1. The van der Waals surface area contributed by atoms with Gasteiger partial charge in [-0.15, -0.1) is 0 Å². The predicted molar refractivity (Wildman–Crippen MR) is 74.5 cm³/mol. The van der Waals surface area contributed by atoms with E-state index >= 15 is 0 Å². The third kappa shape index (κ3) is 2.92. The normalized spacial score (nSPS) is 12.0. The zero-order valence-electron chi connectivity index (χ0n) is 11.4. The van der Waals surface area contributed by atoms with Gasteiger partial charge >= 0.3 is 0 Å². The highest BCUT2D eigenvalue weighted by Crippen LogP contribution is 2.20. The predicted octanol–water partition coefficient (Wildman–Crippen LogP) is 1.90. The molecule has 2 aromatic rings. The summed E-state index contributed by atoms with van der Waals surface area (Å²) in [6.45, 7) is 1.88. The van der Waals surface area contributed by atoms with E-state index in [1.165, 1.54) is 23.5 Å². The largest absolute Gasteiger partial charge is 0.446 e. The molecule has 1 aromatic heterocycles. The van der Waals surface area contributed by atoms with E-state index in [-0.39, 0.29) is 24.0 Å². The molecular formula is C14H17NO4S. The van der Waals surface area contributed by atoms with E-state index in [1.54, 1.807) is 0 Å². The van der Waals surface area contributed by atoms with E-state index in [4.69, 9.17) is 9.52 Å². The molecule has 20 heavy (non-hydrogen) atoms. The molecule has 0 spiro atoms. The Balaban J connectivity index is 2.23. The summed E-state index contributed by atoms with van der Waals surface area (Å²) in [7, 11) is -2.18. The number of rotatable bonds is 5. The summed E-state index contributed by atoms with van der Waals surface area (Å²) >= 11 is 0. The zero-order valence-corrected chi connectivity index (χ0v) is 12.2. The third-order valence-electron chi connectivity index (χ3n) is 3.11. The highest BCUT2D eigenvalue weighted by atomic mass is 32.2. The Hall–Kier alpha value is -1.63. The molecule has 0 bridgehead atoms. The average Bonchev–Trinajstić information content (AvgIpc) is 2.90. The van der Waals surface area contributed by atoms with Crippen LogP contribution in [0.25, 0.3) is 0 Å². The molecule has 0 unspecified atom stereocenters. The van der Waals surface area contributed by atoms with Crippen LogP contribution in [-0.2, 0) is 23.2 Å². The van der Waals surface area contributed by atoms with Gasteiger partial charge in [-0.25, -0.2) is 8.42 Å². The van der Waals surface area contributed by atoms with Crippen molar-refractivity contribution in [3.63, 3.8) is 0 Å². The van der Waals surface area contributed by atoms with Gasteiger partial charge in [-0.2, -0.15) is 4.31 Å². The molecule has 1 N–H and O–H groups in total. The first kappa shape index (κ1) is 14.8. The van der Waals surface area contributed by atoms with Crippen molar-refractivity contribution in [1.82, 2.24) is 4.31 Å². The van der Waals surface area contributed by atoms with E-state index in [9.17, 15) is 8.42 Å². The summed E-state index contributed by atoms with van der Waals surface area (Å²) in [5.74, 6) is 0.230. The van der Waals surface area contributed by atoms with Gasteiger partial charge in [0.15, 0.2) is 0 Å². The van der Waals surface area contributed by atoms with E-state index < -0.39 is 10.0 Å². The van der Waals surface area contributed by atoms with Gasteiger partial charge in [0, 0.05) is 13.6 Å². The topological polar surface area (TPSA) is 70.8 Å². The molecule has 108 valence electrons. The molecule has 0 radical (unpaired) electrons. The number of aliphatic hydroxyl groups excluding tert-OH is 1. The van der Waals surface area contributed by atoms with Crippen molar-refractivity contribution in [2.24, 2.45) is 0 Å². The highest BCUT2D eigenvalue weighted by Gasteiger charge is 2.24. The van der Waals surface area contributed by atoms with Crippen LogP contribution >= 0.6 is 0 Å². The van der Waals surface area contributed by atoms with E-state index in [2.05, 4.69) is 0 Å². The van der Waals surface area contributed by atoms with Crippen LogP contribution in [0.3, 0.4) is 0 Å². The van der Waals surface area contributed by atoms with Crippen molar-refractivity contribution < 1.29 is 17.9 Å². The fourth-order valence-corrected chi connectivity index (χ4v) is 2.92. The van der Waals surface area contributed by atoms with Crippen LogP contribution < -0.4 is 0 Å². The van der Waals surface area contributed by atoms with E-state index in [0.717, 1.165) is 11.1 Å². The molecule has 0 aliphatic carbocycles. The molecule has 0 atom stereocenters. The van der Waals surface area contributed by atoms with Crippen molar-refractivity contribution in [3.05, 3.63) is 53.3 Å². The Kier molecular flexibility index (Phi) is 4.27. The minimum Gasteiger partial charge on any atom is -0.446 e. The molecule has 0 amide bonds. The lowest BCUT2D eigenvalue weighted by Gasteiger charge is -2.16. The van der Waals surface area contributed by atoms with Crippen molar-refractivity contribution in [1.29, 1.82) is 0 Å². The monoisotopic (exact) mass is 295 g/mol. The number of aliphatic hydroxyl groups is 1.